The average Bonchev–Trinajstić information content (AvgIpc) is 2.92. The highest BCUT2D eigenvalue weighted by Gasteiger charge is 2.33. The highest BCUT2D eigenvalue weighted by molar-refractivity contribution is 4.86. The Morgan fingerprint density at radius 2 is 1.73 bits per heavy atom. The summed E-state index contributed by atoms with van der Waals surface area (Å²) in [5.41, 5.74) is 0. The Bertz CT molecular complexity index is 192. The molecule has 2 fully saturated rings. The van der Waals surface area contributed by atoms with Gasteiger partial charge in [-0.3, -0.25) is 0 Å². The molecule has 2 rings (SSSR count). The van der Waals surface area contributed by atoms with Crippen molar-refractivity contribution in [1.29, 1.82) is 0 Å². The molecular weight excluding hydrogens is 182 g/mol. The van der Waals surface area contributed by atoms with E-state index in [1.54, 1.807) is 0 Å². The van der Waals surface area contributed by atoms with Crippen molar-refractivity contribution in [3.63, 3.8) is 0 Å². The summed E-state index contributed by atoms with van der Waals surface area (Å²) >= 11 is 0. The summed E-state index contributed by atoms with van der Waals surface area (Å²) < 4.78 is 0. The van der Waals surface area contributed by atoms with Crippen LogP contribution in [0.2, 0.25) is 0 Å². The molecule has 88 valence electrons. The van der Waals surface area contributed by atoms with Gasteiger partial charge in [-0.25, -0.2) is 0 Å². The minimum Gasteiger partial charge on any atom is -0.314 e. The second kappa shape index (κ2) is 4.86. The maximum absolute atomic E-state index is 3.77. The zero-order valence-corrected chi connectivity index (χ0v) is 10.6. The number of hydrogen-bond donors (Lipinski definition) is 1. The molecule has 2 atom stereocenters. The van der Waals surface area contributed by atoms with Crippen molar-refractivity contribution in [2.45, 2.75) is 58.9 Å². The smallest absolute Gasteiger partial charge is 0.00673 e. The average molecular weight is 209 g/mol. The van der Waals surface area contributed by atoms with Crippen molar-refractivity contribution in [3.8, 4) is 0 Å². The number of hydrogen-bond acceptors (Lipinski definition) is 1. The van der Waals surface area contributed by atoms with Crippen LogP contribution >= 0.6 is 0 Å². The first-order chi connectivity index (χ1) is 7.16. The van der Waals surface area contributed by atoms with Gasteiger partial charge in [0.1, 0.15) is 0 Å². The Morgan fingerprint density at radius 3 is 2.20 bits per heavy atom. The van der Waals surface area contributed by atoms with E-state index in [4.69, 9.17) is 0 Å². The third kappa shape index (κ3) is 3.21. The molecule has 2 unspecified atom stereocenters. The van der Waals surface area contributed by atoms with Crippen LogP contribution in [0.15, 0.2) is 0 Å². The molecule has 0 aromatic heterocycles. The molecule has 0 spiro atoms. The van der Waals surface area contributed by atoms with Crippen molar-refractivity contribution >= 4 is 0 Å². The van der Waals surface area contributed by atoms with E-state index in [1.807, 2.05) is 0 Å². The van der Waals surface area contributed by atoms with E-state index < -0.39 is 0 Å². The fourth-order valence-corrected chi connectivity index (χ4v) is 2.99. The maximum atomic E-state index is 3.77. The standard InChI is InChI=1S/C14H27N/c1-10(2)12-4-6-14(7-5-12)15-9-13-8-11(13)3/h10-15H,4-9H2,1-3H3. The Labute approximate surface area is 95.0 Å². The topological polar surface area (TPSA) is 12.0 Å². The quantitative estimate of drug-likeness (QED) is 0.748. The molecule has 1 nitrogen and oxygen atoms in total. The predicted octanol–water partition coefficient (Wildman–Crippen LogP) is 3.45. The van der Waals surface area contributed by atoms with Crippen molar-refractivity contribution in [1.82, 2.24) is 5.32 Å². The van der Waals surface area contributed by atoms with Crippen LogP contribution in [-0.2, 0) is 0 Å². The lowest BCUT2D eigenvalue weighted by atomic mass is 9.80. The summed E-state index contributed by atoms with van der Waals surface area (Å²) in [5.74, 6) is 3.91. The largest absolute Gasteiger partial charge is 0.314 e. The van der Waals surface area contributed by atoms with Gasteiger partial charge in [0.25, 0.3) is 0 Å². The van der Waals surface area contributed by atoms with Gasteiger partial charge in [-0.2, -0.15) is 0 Å². The second-order valence-electron chi connectivity index (χ2n) is 6.24. The molecule has 0 heterocycles. The van der Waals surface area contributed by atoms with Gasteiger partial charge in [-0.05, 0) is 62.3 Å². The zero-order valence-electron chi connectivity index (χ0n) is 10.6. The van der Waals surface area contributed by atoms with Gasteiger partial charge in [0, 0.05) is 6.04 Å². The Hall–Kier alpha value is -0.0400. The number of nitrogens with one attached hydrogen (secondary N) is 1. The first-order valence-corrected chi connectivity index (χ1v) is 6.90. The number of rotatable bonds is 4. The fraction of sp³-hybridized carbons (Fsp3) is 1.00. The van der Waals surface area contributed by atoms with Crippen LogP contribution in [0.25, 0.3) is 0 Å². The molecule has 0 aliphatic heterocycles. The molecule has 0 saturated heterocycles. The Kier molecular flexibility index (Phi) is 3.71. The molecular formula is C14H27N. The maximum Gasteiger partial charge on any atom is 0.00673 e. The summed E-state index contributed by atoms with van der Waals surface area (Å²) in [6, 6.07) is 0.841. The fourth-order valence-electron chi connectivity index (χ4n) is 2.99. The summed E-state index contributed by atoms with van der Waals surface area (Å²) in [7, 11) is 0. The second-order valence-corrected chi connectivity index (χ2v) is 6.24. The van der Waals surface area contributed by atoms with Gasteiger partial charge in [-0.1, -0.05) is 20.8 Å². The van der Waals surface area contributed by atoms with E-state index in [0.29, 0.717) is 0 Å². The van der Waals surface area contributed by atoms with E-state index in [9.17, 15) is 0 Å². The normalized spacial score (nSPS) is 40.8. The molecule has 15 heavy (non-hydrogen) atoms. The molecule has 2 saturated carbocycles. The lowest BCUT2D eigenvalue weighted by Crippen LogP contribution is -2.35. The minimum absolute atomic E-state index is 0.841. The lowest BCUT2D eigenvalue weighted by molar-refractivity contribution is 0.237. The van der Waals surface area contributed by atoms with Crippen molar-refractivity contribution in [2.24, 2.45) is 23.7 Å². The van der Waals surface area contributed by atoms with Crippen molar-refractivity contribution in [3.05, 3.63) is 0 Å². The molecule has 0 amide bonds. The summed E-state index contributed by atoms with van der Waals surface area (Å²) in [6.07, 6.45) is 7.22. The first kappa shape index (κ1) is 11.4. The lowest BCUT2D eigenvalue weighted by Gasteiger charge is -2.31. The van der Waals surface area contributed by atoms with Crippen LogP contribution < -0.4 is 5.32 Å². The molecule has 2 aliphatic carbocycles. The summed E-state index contributed by atoms with van der Waals surface area (Å²) in [4.78, 5) is 0. The van der Waals surface area contributed by atoms with E-state index in [2.05, 4.69) is 26.1 Å². The van der Waals surface area contributed by atoms with Gasteiger partial charge in [-0.15, -0.1) is 0 Å². The van der Waals surface area contributed by atoms with E-state index >= 15 is 0 Å². The molecule has 0 bridgehead atoms. The van der Waals surface area contributed by atoms with Crippen LogP contribution in [0.4, 0.5) is 0 Å². The van der Waals surface area contributed by atoms with E-state index in [0.717, 1.165) is 29.7 Å². The van der Waals surface area contributed by atoms with Gasteiger partial charge in [0.15, 0.2) is 0 Å². The van der Waals surface area contributed by atoms with Gasteiger partial charge < -0.3 is 5.32 Å². The summed E-state index contributed by atoms with van der Waals surface area (Å²) in [5, 5.41) is 3.77. The molecule has 0 radical (unpaired) electrons. The van der Waals surface area contributed by atoms with E-state index in [1.165, 1.54) is 38.6 Å². The summed E-state index contributed by atoms with van der Waals surface area (Å²) in [6.45, 7) is 8.43. The van der Waals surface area contributed by atoms with Crippen LogP contribution in [0.3, 0.4) is 0 Å². The first-order valence-electron chi connectivity index (χ1n) is 6.90. The van der Waals surface area contributed by atoms with E-state index in [-0.39, 0.29) is 0 Å². The monoisotopic (exact) mass is 209 g/mol. The molecule has 1 N–H and O–H groups in total. The minimum atomic E-state index is 0.841. The molecule has 0 aromatic carbocycles. The Morgan fingerprint density at radius 1 is 1.13 bits per heavy atom. The van der Waals surface area contributed by atoms with Crippen LogP contribution in [0, 0.1) is 23.7 Å². The Balaban J connectivity index is 1.61. The molecule has 0 aromatic rings. The van der Waals surface area contributed by atoms with Crippen molar-refractivity contribution in [2.75, 3.05) is 6.54 Å². The SMILES string of the molecule is CC(C)C1CCC(NCC2CC2C)CC1. The van der Waals surface area contributed by atoms with Crippen molar-refractivity contribution < 1.29 is 0 Å². The molecule has 2 aliphatic rings. The zero-order chi connectivity index (χ0) is 10.8. The van der Waals surface area contributed by atoms with Crippen LogP contribution in [0.5, 0.6) is 0 Å². The third-order valence-corrected chi connectivity index (χ3v) is 4.66. The highest BCUT2D eigenvalue weighted by Crippen LogP contribution is 2.37. The van der Waals surface area contributed by atoms with Gasteiger partial charge >= 0.3 is 0 Å². The van der Waals surface area contributed by atoms with Gasteiger partial charge in [0.2, 0.25) is 0 Å². The third-order valence-electron chi connectivity index (χ3n) is 4.66. The predicted molar refractivity (Wildman–Crippen MR) is 65.9 cm³/mol. The molecule has 1 heteroatoms. The highest BCUT2D eigenvalue weighted by atomic mass is 14.9. The van der Waals surface area contributed by atoms with Crippen LogP contribution in [-0.4, -0.2) is 12.6 Å². The van der Waals surface area contributed by atoms with Gasteiger partial charge in [0.05, 0.1) is 0 Å². The van der Waals surface area contributed by atoms with Crippen LogP contribution in [0.1, 0.15) is 52.9 Å².